The molecular weight excluding hydrogens is 267 g/mol. The van der Waals surface area contributed by atoms with Crippen LogP contribution in [0.15, 0.2) is 36.5 Å². The highest BCUT2D eigenvalue weighted by Crippen LogP contribution is 2.28. The molecular formula is C17H19FN2O. The van der Waals surface area contributed by atoms with Gasteiger partial charge in [0.1, 0.15) is 11.6 Å². The minimum Gasteiger partial charge on any atom is -0.493 e. The van der Waals surface area contributed by atoms with Crippen LogP contribution in [0.1, 0.15) is 30.2 Å². The van der Waals surface area contributed by atoms with Crippen LogP contribution in [0.5, 0.6) is 5.75 Å². The van der Waals surface area contributed by atoms with E-state index >= 15 is 0 Å². The van der Waals surface area contributed by atoms with Gasteiger partial charge in [-0.05, 0) is 49.1 Å². The standard InChI is InChI=1S/C17H19FN2O/c1-17(19,16-5-3-14(18)11-20-16)8-6-12-2-4-15-13(10-12)7-9-21-15/h2-5,10-11H,6-9,19H2,1H3. The predicted octanol–water partition coefficient (Wildman–Crippen LogP) is 2.96. The summed E-state index contributed by atoms with van der Waals surface area (Å²) in [6.45, 7) is 2.70. The topological polar surface area (TPSA) is 48.1 Å². The number of nitrogens with two attached hydrogens (primary N) is 1. The van der Waals surface area contributed by atoms with Crippen molar-refractivity contribution in [3.05, 3.63) is 59.2 Å². The van der Waals surface area contributed by atoms with E-state index in [0.29, 0.717) is 5.69 Å². The van der Waals surface area contributed by atoms with Crippen molar-refractivity contribution in [2.24, 2.45) is 5.73 Å². The maximum Gasteiger partial charge on any atom is 0.141 e. The number of halogens is 1. The number of rotatable bonds is 4. The van der Waals surface area contributed by atoms with E-state index in [2.05, 4.69) is 17.1 Å². The summed E-state index contributed by atoms with van der Waals surface area (Å²) in [7, 11) is 0. The highest BCUT2D eigenvalue weighted by Gasteiger charge is 2.23. The largest absolute Gasteiger partial charge is 0.493 e. The summed E-state index contributed by atoms with van der Waals surface area (Å²) in [6, 6.07) is 9.36. The van der Waals surface area contributed by atoms with Crippen LogP contribution in [0.2, 0.25) is 0 Å². The van der Waals surface area contributed by atoms with Crippen molar-refractivity contribution in [2.75, 3.05) is 6.61 Å². The number of hydrogen-bond acceptors (Lipinski definition) is 3. The quantitative estimate of drug-likeness (QED) is 0.940. The van der Waals surface area contributed by atoms with Crippen LogP contribution < -0.4 is 10.5 Å². The van der Waals surface area contributed by atoms with Crippen LogP contribution >= 0.6 is 0 Å². The monoisotopic (exact) mass is 286 g/mol. The molecule has 110 valence electrons. The van der Waals surface area contributed by atoms with Gasteiger partial charge in [-0.1, -0.05) is 12.1 Å². The third-order valence-corrected chi connectivity index (χ3v) is 4.00. The van der Waals surface area contributed by atoms with E-state index in [1.54, 1.807) is 6.07 Å². The van der Waals surface area contributed by atoms with Crippen molar-refractivity contribution >= 4 is 0 Å². The number of pyridine rings is 1. The molecule has 2 heterocycles. The molecule has 1 aliphatic heterocycles. The molecule has 1 aromatic carbocycles. The van der Waals surface area contributed by atoms with Gasteiger partial charge >= 0.3 is 0 Å². The van der Waals surface area contributed by atoms with Gasteiger partial charge < -0.3 is 10.5 Å². The maximum absolute atomic E-state index is 12.9. The number of aromatic nitrogens is 1. The average molecular weight is 286 g/mol. The Labute approximate surface area is 124 Å². The molecule has 0 saturated carbocycles. The lowest BCUT2D eigenvalue weighted by molar-refractivity contribution is 0.357. The predicted molar refractivity (Wildman–Crippen MR) is 79.7 cm³/mol. The van der Waals surface area contributed by atoms with E-state index in [-0.39, 0.29) is 5.82 Å². The zero-order valence-corrected chi connectivity index (χ0v) is 12.1. The van der Waals surface area contributed by atoms with Gasteiger partial charge in [-0.3, -0.25) is 4.98 Å². The highest BCUT2D eigenvalue weighted by molar-refractivity contribution is 5.40. The van der Waals surface area contributed by atoms with Crippen molar-refractivity contribution in [1.82, 2.24) is 4.98 Å². The van der Waals surface area contributed by atoms with Crippen LogP contribution in [0, 0.1) is 5.82 Å². The number of benzene rings is 1. The lowest BCUT2D eigenvalue weighted by Gasteiger charge is -2.24. The highest BCUT2D eigenvalue weighted by atomic mass is 19.1. The van der Waals surface area contributed by atoms with Gasteiger partial charge in [-0.2, -0.15) is 0 Å². The minimum absolute atomic E-state index is 0.340. The Morgan fingerprint density at radius 3 is 2.95 bits per heavy atom. The third-order valence-electron chi connectivity index (χ3n) is 4.00. The number of hydrogen-bond donors (Lipinski definition) is 1. The van der Waals surface area contributed by atoms with Crippen LogP contribution in [-0.2, 0) is 18.4 Å². The first kappa shape index (κ1) is 14.0. The maximum atomic E-state index is 12.9. The van der Waals surface area contributed by atoms with Crippen molar-refractivity contribution in [1.29, 1.82) is 0 Å². The van der Waals surface area contributed by atoms with Crippen molar-refractivity contribution < 1.29 is 9.13 Å². The molecule has 2 aromatic rings. The zero-order chi connectivity index (χ0) is 14.9. The van der Waals surface area contributed by atoms with Crippen LogP contribution in [-0.4, -0.2) is 11.6 Å². The summed E-state index contributed by atoms with van der Waals surface area (Å²) >= 11 is 0. The summed E-state index contributed by atoms with van der Waals surface area (Å²) < 4.78 is 18.4. The van der Waals surface area contributed by atoms with E-state index in [0.717, 1.165) is 31.6 Å². The zero-order valence-electron chi connectivity index (χ0n) is 12.1. The molecule has 1 aromatic heterocycles. The van der Waals surface area contributed by atoms with Gasteiger partial charge in [-0.25, -0.2) is 4.39 Å². The molecule has 0 spiro atoms. The molecule has 0 saturated heterocycles. The second-order valence-electron chi connectivity index (χ2n) is 5.82. The van der Waals surface area contributed by atoms with Gasteiger partial charge in [0.25, 0.3) is 0 Å². The molecule has 1 unspecified atom stereocenters. The van der Waals surface area contributed by atoms with Crippen LogP contribution in [0.25, 0.3) is 0 Å². The van der Waals surface area contributed by atoms with Gasteiger partial charge in [0.15, 0.2) is 0 Å². The summed E-state index contributed by atoms with van der Waals surface area (Å²) in [5.41, 5.74) is 9.01. The smallest absolute Gasteiger partial charge is 0.141 e. The Kier molecular flexibility index (Phi) is 3.64. The Morgan fingerprint density at radius 2 is 2.19 bits per heavy atom. The van der Waals surface area contributed by atoms with Crippen LogP contribution in [0.3, 0.4) is 0 Å². The first-order chi connectivity index (χ1) is 10.0. The second kappa shape index (κ2) is 5.45. The molecule has 0 amide bonds. The minimum atomic E-state index is -0.566. The van der Waals surface area contributed by atoms with Crippen molar-refractivity contribution in [2.45, 2.75) is 31.7 Å². The fourth-order valence-corrected chi connectivity index (χ4v) is 2.64. The van der Waals surface area contributed by atoms with Gasteiger partial charge in [-0.15, -0.1) is 0 Å². The summed E-state index contributed by atoms with van der Waals surface area (Å²) in [6.07, 6.45) is 3.81. The SMILES string of the molecule is CC(N)(CCc1ccc2c(c1)CCO2)c1ccc(F)cn1. The average Bonchev–Trinajstić information content (AvgIpc) is 2.93. The molecule has 2 N–H and O–H groups in total. The van der Waals surface area contributed by atoms with Gasteiger partial charge in [0, 0.05) is 6.42 Å². The fourth-order valence-electron chi connectivity index (χ4n) is 2.64. The fraction of sp³-hybridized carbons (Fsp3) is 0.353. The Balaban J connectivity index is 1.70. The Hall–Kier alpha value is -1.94. The molecule has 0 radical (unpaired) electrons. The van der Waals surface area contributed by atoms with Gasteiger partial charge in [0.2, 0.25) is 0 Å². The Bertz CT molecular complexity index is 638. The number of nitrogens with zero attached hydrogens (tertiary/aromatic N) is 1. The number of ether oxygens (including phenoxy) is 1. The molecule has 0 fully saturated rings. The molecule has 0 aliphatic carbocycles. The summed E-state index contributed by atoms with van der Waals surface area (Å²) in [5.74, 6) is 0.655. The van der Waals surface area contributed by atoms with E-state index in [9.17, 15) is 4.39 Å². The second-order valence-corrected chi connectivity index (χ2v) is 5.82. The summed E-state index contributed by atoms with van der Waals surface area (Å²) in [4.78, 5) is 4.10. The first-order valence-electron chi connectivity index (χ1n) is 7.20. The molecule has 1 aliphatic rings. The number of fused-ring (bicyclic) bond motifs is 1. The van der Waals surface area contributed by atoms with E-state index in [4.69, 9.17) is 10.5 Å². The summed E-state index contributed by atoms with van der Waals surface area (Å²) in [5, 5.41) is 0. The molecule has 3 nitrogen and oxygen atoms in total. The molecule has 1 atom stereocenters. The first-order valence-corrected chi connectivity index (χ1v) is 7.20. The van der Waals surface area contributed by atoms with Crippen molar-refractivity contribution in [3.8, 4) is 5.75 Å². The van der Waals surface area contributed by atoms with Crippen molar-refractivity contribution in [3.63, 3.8) is 0 Å². The normalized spacial score (nSPS) is 16.1. The van der Waals surface area contributed by atoms with E-state index < -0.39 is 5.54 Å². The molecule has 21 heavy (non-hydrogen) atoms. The lowest BCUT2D eigenvalue weighted by atomic mass is 9.90. The third kappa shape index (κ3) is 3.05. The van der Waals surface area contributed by atoms with E-state index in [1.807, 2.05) is 13.0 Å². The molecule has 0 bridgehead atoms. The van der Waals surface area contributed by atoms with E-state index in [1.165, 1.54) is 23.4 Å². The Morgan fingerprint density at radius 1 is 1.33 bits per heavy atom. The van der Waals surface area contributed by atoms with Gasteiger partial charge in [0.05, 0.1) is 24.0 Å². The molecule has 3 rings (SSSR count). The van der Waals surface area contributed by atoms with Crippen LogP contribution in [0.4, 0.5) is 4.39 Å². The number of aryl methyl sites for hydroxylation is 1. The lowest BCUT2D eigenvalue weighted by Crippen LogP contribution is -2.34. The molecule has 4 heteroatoms.